The Hall–Kier alpha value is -1.92. The number of benzene rings is 1. The molecule has 0 spiro atoms. The molecule has 2 unspecified atom stereocenters. The van der Waals surface area contributed by atoms with Crippen LogP contribution in [0.15, 0.2) is 35.4 Å². The fraction of sp³-hybridized carbons (Fsp3) is 0.579. The highest BCUT2D eigenvalue weighted by Gasteiger charge is 2.51. The smallest absolute Gasteiger partial charge is 0.307 e. The summed E-state index contributed by atoms with van der Waals surface area (Å²) in [6.07, 6.45) is 2.28. The van der Waals surface area contributed by atoms with Crippen LogP contribution < -0.4 is 10.7 Å². The predicted molar refractivity (Wildman–Crippen MR) is 99.7 cm³/mol. The van der Waals surface area contributed by atoms with Crippen molar-refractivity contribution in [3.63, 3.8) is 0 Å². The standard InChI is InChI=1S/C19H27N5O/c1-2-8-19-13-23-9-10-24(14-19)12-15(11-23)17(19)21-22-18(25)20-16-6-4-3-5-7-16/h3-7,15H,2,8-14H2,1H3,(H2,20,22,25). The second-order valence-corrected chi connectivity index (χ2v) is 7.63. The van der Waals surface area contributed by atoms with Gasteiger partial charge in [0, 0.05) is 56.3 Å². The van der Waals surface area contributed by atoms with Gasteiger partial charge in [0.25, 0.3) is 0 Å². The Balaban J connectivity index is 1.51. The van der Waals surface area contributed by atoms with Crippen LogP contribution in [0.2, 0.25) is 0 Å². The molecule has 4 heterocycles. The lowest BCUT2D eigenvalue weighted by atomic mass is 9.68. The molecule has 6 heteroatoms. The van der Waals surface area contributed by atoms with Crippen LogP contribution in [0.5, 0.6) is 0 Å². The van der Waals surface area contributed by atoms with E-state index in [9.17, 15) is 4.79 Å². The minimum Gasteiger partial charge on any atom is -0.307 e. The first kappa shape index (κ1) is 16.5. The van der Waals surface area contributed by atoms with Gasteiger partial charge in [0.1, 0.15) is 0 Å². The number of rotatable bonds is 4. The van der Waals surface area contributed by atoms with Crippen LogP contribution >= 0.6 is 0 Å². The summed E-state index contributed by atoms with van der Waals surface area (Å²) in [5.74, 6) is 0.438. The van der Waals surface area contributed by atoms with E-state index in [0.717, 1.165) is 57.8 Å². The maximum absolute atomic E-state index is 12.2. The van der Waals surface area contributed by atoms with Gasteiger partial charge in [-0.1, -0.05) is 31.5 Å². The molecule has 0 radical (unpaired) electrons. The number of carbonyl (C=O) groups is 1. The number of nitrogens with zero attached hydrogens (tertiary/aromatic N) is 3. The van der Waals surface area contributed by atoms with Crippen molar-refractivity contribution in [1.82, 2.24) is 15.2 Å². The first-order valence-electron chi connectivity index (χ1n) is 9.33. The average Bonchev–Trinajstić information content (AvgIpc) is 2.83. The Morgan fingerprint density at radius 3 is 2.52 bits per heavy atom. The van der Waals surface area contributed by atoms with Gasteiger partial charge in [-0.05, 0) is 18.6 Å². The van der Waals surface area contributed by atoms with Crippen molar-refractivity contribution in [2.75, 3.05) is 44.6 Å². The van der Waals surface area contributed by atoms with Gasteiger partial charge in [-0.3, -0.25) is 0 Å². The highest BCUT2D eigenvalue weighted by molar-refractivity contribution is 5.96. The SMILES string of the molecule is CCCC12CN3CCN(CC(C3)C1=NNC(=O)Nc1ccccc1)C2. The first-order valence-corrected chi connectivity index (χ1v) is 9.33. The Morgan fingerprint density at radius 1 is 1.20 bits per heavy atom. The average molecular weight is 341 g/mol. The van der Waals surface area contributed by atoms with Gasteiger partial charge in [0.05, 0.1) is 5.71 Å². The quantitative estimate of drug-likeness (QED) is 0.826. The molecule has 0 aromatic heterocycles. The van der Waals surface area contributed by atoms with Crippen molar-refractivity contribution in [3.8, 4) is 0 Å². The second kappa shape index (κ2) is 6.77. The van der Waals surface area contributed by atoms with Crippen molar-refractivity contribution in [3.05, 3.63) is 30.3 Å². The molecule has 25 heavy (non-hydrogen) atoms. The van der Waals surface area contributed by atoms with Gasteiger partial charge >= 0.3 is 6.03 Å². The third kappa shape index (κ3) is 3.28. The van der Waals surface area contributed by atoms with Crippen molar-refractivity contribution < 1.29 is 4.79 Å². The van der Waals surface area contributed by atoms with E-state index in [-0.39, 0.29) is 11.4 Å². The monoisotopic (exact) mass is 341 g/mol. The maximum atomic E-state index is 12.2. The minimum atomic E-state index is -0.266. The molecular formula is C19H27N5O. The number of carbonyl (C=O) groups excluding carboxylic acids is 1. The fourth-order valence-electron chi connectivity index (χ4n) is 4.87. The highest BCUT2D eigenvalue weighted by Crippen LogP contribution is 2.41. The van der Waals surface area contributed by atoms with E-state index in [0.29, 0.717) is 5.92 Å². The molecule has 1 aromatic rings. The van der Waals surface area contributed by atoms with Gasteiger partial charge in [0.2, 0.25) is 0 Å². The molecule has 4 fully saturated rings. The summed E-state index contributed by atoms with van der Waals surface area (Å²) in [5, 5.41) is 7.50. The molecule has 6 nitrogen and oxygen atoms in total. The highest BCUT2D eigenvalue weighted by atomic mass is 16.2. The summed E-state index contributed by atoms with van der Waals surface area (Å²) in [4.78, 5) is 17.4. The van der Waals surface area contributed by atoms with E-state index >= 15 is 0 Å². The molecule has 4 bridgehead atoms. The third-order valence-electron chi connectivity index (χ3n) is 5.71. The molecule has 4 aliphatic heterocycles. The number of piperidine rings is 2. The lowest BCUT2D eigenvalue weighted by molar-refractivity contribution is 0.109. The Morgan fingerprint density at radius 2 is 1.88 bits per heavy atom. The number of para-hydroxylation sites is 1. The molecule has 134 valence electrons. The number of urea groups is 1. The molecule has 4 aliphatic rings. The van der Waals surface area contributed by atoms with Crippen LogP contribution in [0.3, 0.4) is 0 Å². The van der Waals surface area contributed by atoms with Crippen molar-refractivity contribution in [2.45, 2.75) is 19.8 Å². The molecule has 2 N–H and O–H groups in total. The molecule has 0 aliphatic carbocycles. The van der Waals surface area contributed by atoms with E-state index in [2.05, 4.69) is 32.6 Å². The summed E-state index contributed by atoms with van der Waals surface area (Å²) in [6.45, 7) is 8.87. The van der Waals surface area contributed by atoms with Crippen LogP contribution in [0.1, 0.15) is 19.8 Å². The zero-order valence-corrected chi connectivity index (χ0v) is 14.9. The van der Waals surface area contributed by atoms with Crippen molar-refractivity contribution >= 4 is 17.4 Å². The topological polar surface area (TPSA) is 60.0 Å². The summed E-state index contributed by atoms with van der Waals surface area (Å²) >= 11 is 0. The number of anilines is 1. The number of fused-ring (bicyclic) bond motifs is 1. The molecule has 2 amide bonds. The normalized spacial score (nSPS) is 34.8. The largest absolute Gasteiger partial charge is 0.339 e. The summed E-state index contributed by atoms with van der Waals surface area (Å²) < 4.78 is 0. The fourth-order valence-corrected chi connectivity index (χ4v) is 4.87. The van der Waals surface area contributed by atoms with Gasteiger partial charge in [-0.2, -0.15) is 5.10 Å². The summed E-state index contributed by atoms with van der Waals surface area (Å²) in [6, 6.07) is 9.22. The molecular weight excluding hydrogens is 314 g/mol. The number of nitrogens with one attached hydrogen (secondary N) is 2. The van der Waals surface area contributed by atoms with Gasteiger partial charge < -0.3 is 15.1 Å². The van der Waals surface area contributed by atoms with Crippen molar-refractivity contribution in [2.24, 2.45) is 16.4 Å². The number of hydrogen-bond donors (Lipinski definition) is 2. The zero-order valence-electron chi connectivity index (χ0n) is 14.9. The summed E-state index contributed by atoms with van der Waals surface area (Å²) in [5.41, 5.74) is 4.86. The Bertz CT molecular complexity index is 643. The number of amides is 2. The Labute approximate surface area is 149 Å². The molecule has 4 saturated heterocycles. The molecule has 2 atom stereocenters. The van der Waals surface area contributed by atoms with Crippen LogP contribution in [-0.4, -0.2) is 60.8 Å². The molecule has 5 rings (SSSR count). The van der Waals surface area contributed by atoms with E-state index < -0.39 is 0 Å². The second-order valence-electron chi connectivity index (χ2n) is 7.63. The van der Waals surface area contributed by atoms with Crippen molar-refractivity contribution in [1.29, 1.82) is 0 Å². The number of hydrogen-bond acceptors (Lipinski definition) is 4. The minimum absolute atomic E-state index is 0.104. The molecule has 0 saturated carbocycles. The van der Waals surface area contributed by atoms with Gasteiger partial charge in [0.15, 0.2) is 0 Å². The van der Waals surface area contributed by atoms with Crippen LogP contribution in [-0.2, 0) is 0 Å². The summed E-state index contributed by atoms with van der Waals surface area (Å²) in [7, 11) is 0. The Kier molecular flexibility index (Phi) is 4.48. The van der Waals surface area contributed by atoms with Crippen LogP contribution in [0.25, 0.3) is 0 Å². The molecule has 1 aromatic carbocycles. The first-order chi connectivity index (χ1) is 12.2. The van der Waals surface area contributed by atoms with E-state index in [4.69, 9.17) is 0 Å². The zero-order chi connectivity index (χ0) is 17.3. The van der Waals surface area contributed by atoms with Gasteiger partial charge in [-0.15, -0.1) is 0 Å². The van der Waals surface area contributed by atoms with E-state index in [1.54, 1.807) is 0 Å². The van der Waals surface area contributed by atoms with Gasteiger partial charge in [-0.25, -0.2) is 10.2 Å². The predicted octanol–water partition coefficient (Wildman–Crippen LogP) is 2.21. The van der Waals surface area contributed by atoms with E-state index in [1.807, 2.05) is 30.3 Å². The van der Waals surface area contributed by atoms with Crippen LogP contribution in [0.4, 0.5) is 10.5 Å². The maximum Gasteiger partial charge on any atom is 0.339 e. The lowest BCUT2D eigenvalue weighted by Gasteiger charge is -2.50. The number of hydrazone groups is 1. The van der Waals surface area contributed by atoms with E-state index in [1.165, 1.54) is 5.71 Å². The van der Waals surface area contributed by atoms with Crippen LogP contribution in [0, 0.1) is 11.3 Å². The third-order valence-corrected chi connectivity index (χ3v) is 5.71. The lowest BCUT2D eigenvalue weighted by Crippen LogP contribution is -2.61.